The number of hydrogen-bond acceptors (Lipinski definition) is 3. The molecule has 2 saturated carbocycles. The van der Waals surface area contributed by atoms with Gasteiger partial charge in [-0.15, -0.1) is 0 Å². The highest BCUT2D eigenvalue weighted by atomic mass is 14.9. The van der Waals surface area contributed by atoms with Crippen molar-refractivity contribution in [3.8, 4) is 22.5 Å². The van der Waals surface area contributed by atoms with Crippen LogP contribution in [0, 0.1) is 11.3 Å². The van der Waals surface area contributed by atoms with Crippen molar-refractivity contribution in [3.63, 3.8) is 0 Å². The van der Waals surface area contributed by atoms with E-state index in [1.54, 1.807) is 11.9 Å². The molecule has 56 heavy (non-hydrogen) atoms. The molecule has 0 radical (unpaired) electrons. The molecule has 1 spiro atoms. The Hall–Kier alpha value is -6.71. The maximum atomic E-state index is 4.57. The predicted molar refractivity (Wildman–Crippen MR) is 234 cm³/mol. The van der Waals surface area contributed by atoms with Gasteiger partial charge in [0.05, 0.1) is 17.4 Å². The van der Waals surface area contributed by atoms with E-state index in [9.17, 15) is 0 Å². The summed E-state index contributed by atoms with van der Waals surface area (Å²) < 4.78 is 0. The molecular formula is C53H43N3. The van der Waals surface area contributed by atoms with E-state index in [2.05, 4.69) is 161 Å². The van der Waals surface area contributed by atoms with Gasteiger partial charge in [-0.2, -0.15) is 0 Å². The second-order valence-corrected chi connectivity index (χ2v) is 14.8. The van der Waals surface area contributed by atoms with Crippen LogP contribution in [0.15, 0.2) is 217 Å². The number of nitrogens with zero attached hydrogens (tertiary/aromatic N) is 3. The lowest BCUT2D eigenvalue weighted by Crippen LogP contribution is -2.09. The quantitative estimate of drug-likeness (QED) is 0.182. The van der Waals surface area contributed by atoms with E-state index < -0.39 is 0 Å². The van der Waals surface area contributed by atoms with Crippen molar-refractivity contribution in [1.29, 1.82) is 0 Å². The summed E-state index contributed by atoms with van der Waals surface area (Å²) in [5.41, 5.74) is 11.4. The molecular weight excluding hydrogens is 679 g/mol. The molecule has 1 aromatic heterocycles. The molecule has 6 aromatic carbocycles. The molecule has 0 bridgehead atoms. The summed E-state index contributed by atoms with van der Waals surface area (Å²) in [7, 11) is 0. The van der Waals surface area contributed by atoms with E-state index in [-0.39, 0.29) is 0 Å². The van der Waals surface area contributed by atoms with Gasteiger partial charge in [-0.1, -0.05) is 200 Å². The third kappa shape index (κ3) is 7.76. The smallest absolute Gasteiger partial charge is 0.116 e. The van der Waals surface area contributed by atoms with Crippen LogP contribution in [-0.4, -0.2) is 22.2 Å². The molecule has 2 heterocycles. The highest BCUT2D eigenvalue weighted by Crippen LogP contribution is 2.68. The van der Waals surface area contributed by atoms with E-state index >= 15 is 0 Å². The molecule has 1 aliphatic heterocycles. The lowest BCUT2D eigenvalue weighted by Gasteiger charge is -2.23. The van der Waals surface area contributed by atoms with Gasteiger partial charge in [0.2, 0.25) is 0 Å². The Morgan fingerprint density at radius 2 is 1.12 bits per heavy atom. The van der Waals surface area contributed by atoms with Crippen molar-refractivity contribution >= 4 is 28.6 Å². The minimum atomic E-state index is 0.378. The molecule has 12 rings (SSSR count). The van der Waals surface area contributed by atoms with Gasteiger partial charge in [0.25, 0.3) is 0 Å². The van der Waals surface area contributed by atoms with E-state index in [1.807, 2.05) is 66.9 Å². The molecule has 270 valence electrons. The van der Waals surface area contributed by atoms with E-state index in [0.29, 0.717) is 17.4 Å². The van der Waals surface area contributed by atoms with Gasteiger partial charge in [-0.05, 0) is 63.4 Å². The van der Waals surface area contributed by atoms with Gasteiger partial charge in [-0.25, -0.2) is 9.97 Å². The first-order valence-electron chi connectivity index (χ1n) is 19.6. The van der Waals surface area contributed by atoms with Crippen LogP contribution in [-0.2, 0) is 0 Å². The fraction of sp³-hybridized carbons (Fsp3) is 0.113. The lowest BCUT2D eigenvalue weighted by molar-refractivity contribution is 0.756. The number of allylic oxidation sites excluding steroid dienone is 6. The van der Waals surface area contributed by atoms with Crippen molar-refractivity contribution in [2.24, 2.45) is 16.3 Å². The molecule has 4 unspecified atom stereocenters. The van der Waals surface area contributed by atoms with E-state index in [0.717, 1.165) is 28.4 Å². The molecule has 2 fully saturated rings. The van der Waals surface area contributed by atoms with Crippen molar-refractivity contribution in [1.82, 2.24) is 9.97 Å². The molecule has 0 amide bonds. The van der Waals surface area contributed by atoms with Crippen LogP contribution in [0.2, 0.25) is 0 Å². The van der Waals surface area contributed by atoms with Gasteiger partial charge in [0, 0.05) is 28.7 Å². The number of benzene rings is 6. The minimum absolute atomic E-state index is 0.378. The summed E-state index contributed by atoms with van der Waals surface area (Å²) in [6.07, 6.45) is 19.9. The Morgan fingerprint density at radius 3 is 1.79 bits per heavy atom. The SMILES string of the molecule is C1=CC2=Cc3ccccc3C3CC23C=C1.C1=NC2CC2C=C1c1ccc(-c2cc(-c3ccccc3)ncn2)cc1.c1ccc2ccccc2c1.c1ccccc1. The van der Waals surface area contributed by atoms with Crippen LogP contribution in [0.5, 0.6) is 0 Å². The largest absolute Gasteiger partial charge is 0.289 e. The molecule has 0 N–H and O–H groups in total. The van der Waals surface area contributed by atoms with E-state index in [1.165, 1.54) is 45.9 Å². The van der Waals surface area contributed by atoms with Crippen LogP contribution in [0.3, 0.4) is 0 Å². The number of dihydropyridines is 1. The minimum Gasteiger partial charge on any atom is -0.289 e. The fourth-order valence-electron chi connectivity index (χ4n) is 7.92. The first-order chi connectivity index (χ1) is 27.7. The molecule has 4 aliphatic carbocycles. The molecule has 7 aromatic rings. The monoisotopic (exact) mass is 721 g/mol. The number of hydrogen-bond donors (Lipinski definition) is 0. The number of rotatable bonds is 3. The average Bonchev–Trinajstić information content (AvgIpc) is 4.22. The standard InChI is InChI=1S/C22H17N3.C15H12.C10H8.C6H6/c1-2-4-16(5-3-1)21-12-22(25-14-24-21)17-8-6-15(7-9-17)19-10-18-11-20(18)23-13-19;1-2-7-13-11(5-1)9-12-6-3-4-8-15(12)10-14(13)15;1-2-6-10-8-4-3-7-9(10)5-1;1-2-4-6-5-3-1/h1-10,12-14,18,20H,11H2;1-9,14H,10H2;1-8H;1-6H. The molecule has 4 atom stereocenters. The van der Waals surface area contributed by atoms with Gasteiger partial charge in [0.1, 0.15) is 6.33 Å². The van der Waals surface area contributed by atoms with Crippen molar-refractivity contribution in [2.75, 3.05) is 0 Å². The maximum absolute atomic E-state index is 4.57. The predicted octanol–water partition coefficient (Wildman–Crippen LogP) is 12.9. The van der Waals surface area contributed by atoms with Crippen LogP contribution >= 0.6 is 0 Å². The summed E-state index contributed by atoms with van der Waals surface area (Å²) in [6, 6.07) is 58.9. The summed E-state index contributed by atoms with van der Waals surface area (Å²) in [6.45, 7) is 0. The zero-order valence-electron chi connectivity index (χ0n) is 31.3. The van der Waals surface area contributed by atoms with Gasteiger partial charge in [0.15, 0.2) is 0 Å². The fourth-order valence-corrected chi connectivity index (χ4v) is 7.92. The van der Waals surface area contributed by atoms with E-state index in [4.69, 9.17) is 0 Å². The highest BCUT2D eigenvalue weighted by molar-refractivity contribution is 6.11. The van der Waals surface area contributed by atoms with Crippen molar-refractivity contribution in [3.05, 3.63) is 229 Å². The zero-order valence-corrected chi connectivity index (χ0v) is 31.3. The first-order valence-corrected chi connectivity index (χ1v) is 19.6. The Morgan fingerprint density at radius 1 is 0.554 bits per heavy atom. The Bertz CT molecular complexity index is 2510. The lowest BCUT2D eigenvalue weighted by atomic mass is 9.81. The molecule has 3 heteroatoms. The Balaban J connectivity index is 0.000000111. The zero-order chi connectivity index (χ0) is 37.6. The highest BCUT2D eigenvalue weighted by Gasteiger charge is 2.57. The topological polar surface area (TPSA) is 38.1 Å². The van der Waals surface area contributed by atoms with Crippen LogP contribution in [0.25, 0.3) is 44.9 Å². The van der Waals surface area contributed by atoms with Gasteiger partial charge >= 0.3 is 0 Å². The first kappa shape index (κ1) is 35.0. The second kappa shape index (κ2) is 15.9. The Labute approximate surface area is 329 Å². The number of fused-ring (bicyclic) bond motifs is 4. The van der Waals surface area contributed by atoms with Crippen LogP contribution < -0.4 is 0 Å². The molecule has 3 nitrogen and oxygen atoms in total. The maximum Gasteiger partial charge on any atom is 0.116 e. The van der Waals surface area contributed by atoms with Gasteiger partial charge in [-0.3, -0.25) is 4.99 Å². The number of aliphatic imine (C=N–C) groups is 1. The molecule has 5 aliphatic rings. The third-order valence-corrected chi connectivity index (χ3v) is 11.2. The second-order valence-electron chi connectivity index (χ2n) is 14.8. The summed E-state index contributed by atoms with van der Waals surface area (Å²) in [4.78, 5) is 13.4. The number of aromatic nitrogens is 2. The third-order valence-electron chi connectivity index (χ3n) is 11.2. The van der Waals surface area contributed by atoms with Crippen LogP contribution in [0.1, 0.15) is 35.4 Å². The van der Waals surface area contributed by atoms with Crippen LogP contribution in [0.4, 0.5) is 0 Å². The normalized spacial score (nSPS) is 21.0. The summed E-state index contributed by atoms with van der Waals surface area (Å²) in [5, 5.41) is 2.62. The summed E-state index contributed by atoms with van der Waals surface area (Å²) in [5.74, 6) is 1.41. The Kier molecular flexibility index (Phi) is 9.97. The molecule has 0 saturated heterocycles. The summed E-state index contributed by atoms with van der Waals surface area (Å²) >= 11 is 0. The van der Waals surface area contributed by atoms with Crippen molar-refractivity contribution in [2.45, 2.75) is 24.8 Å². The van der Waals surface area contributed by atoms with Crippen molar-refractivity contribution < 1.29 is 0 Å². The van der Waals surface area contributed by atoms with Gasteiger partial charge < -0.3 is 0 Å². The average molecular weight is 722 g/mol.